The SMILES string of the molecule is COc1cccc(OC)c1CN[CH]c1ccccc1. The van der Waals surface area contributed by atoms with Crippen LogP contribution in [0.5, 0.6) is 11.5 Å². The van der Waals surface area contributed by atoms with E-state index in [1.165, 1.54) is 0 Å². The van der Waals surface area contributed by atoms with Crippen molar-refractivity contribution in [2.75, 3.05) is 14.2 Å². The van der Waals surface area contributed by atoms with E-state index in [2.05, 4.69) is 5.32 Å². The van der Waals surface area contributed by atoms with Crippen LogP contribution in [0.2, 0.25) is 0 Å². The lowest BCUT2D eigenvalue weighted by molar-refractivity contribution is 0.383. The van der Waals surface area contributed by atoms with Gasteiger partial charge in [-0.1, -0.05) is 36.4 Å². The topological polar surface area (TPSA) is 30.5 Å². The number of methoxy groups -OCH3 is 2. The summed E-state index contributed by atoms with van der Waals surface area (Å²) in [4.78, 5) is 0. The average molecular weight is 256 g/mol. The van der Waals surface area contributed by atoms with Crippen LogP contribution in [0.15, 0.2) is 48.5 Å². The van der Waals surface area contributed by atoms with E-state index in [-0.39, 0.29) is 0 Å². The van der Waals surface area contributed by atoms with Gasteiger partial charge in [0.2, 0.25) is 0 Å². The molecule has 19 heavy (non-hydrogen) atoms. The number of ether oxygens (including phenoxy) is 2. The van der Waals surface area contributed by atoms with E-state index >= 15 is 0 Å². The standard InChI is InChI=1S/C16H18NO2/c1-18-15-9-6-10-16(19-2)14(15)12-17-11-13-7-4-3-5-8-13/h3-11,17H,12H2,1-2H3. The van der Waals surface area contributed by atoms with E-state index in [9.17, 15) is 0 Å². The molecule has 0 aromatic heterocycles. The van der Waals surface area contributed by atoms with E-state index in [0.29, 0.717) is 6.54 Å². The van der Waals surface area contributed by atoms with Crippen LogP contribution in [0.25, 0.3) is 0 Å². The Morgan fingerprint density at radius 3 is 2.11 bits per heavy atom. The molecule has 1 N–H and O–H groups in total. The van der Waals surface area contributed by atoms with Crippen molar-refractivity contribution >= 4 is 0 Å². The van der Waals surface area contributed by atoms with Gasteiger partial charge in [-0.15, -0.1) is 0 Å². The fraction of sp³-hybridized carbons (Fsp3) is 0.188. The lowest BCUT2D eigenvalue weighted by Crippen LogP contribution is -2.12. The summed E-state index contributed by atoms with van der Waals surface area (Å²) in [5.41, 5.74) is 2.15. The number of hydrogen-bond acceptors (Lipinski definition) is 3. The third-order valence-corrected chi connectivity index (χ3v) is 2.88. The van der Waals surface area contributed by atoms with Crippen molar-refractivity contribution in [2.45, 2.75) is 6.54 Å². The van der Waals surface area contributed by atoms with Crippen LogP contribution in [0, 0.1) is 6.54 Å². The first kappa shape index (κ1) is 13.4. The molecule has 0 atom stereocenters. The highest BCUT2D eigenvalue weighted by Crippen LogP contribution is 2.27. The Hall–Kier alpha value is -2.00. The summed E-state index contributed by atoms with van der Waals surface area (Å²) in [6.07, 6.45) is 0. The first-order valence-corrected chi connectivity index (χ1v) is 6.16. The summed E-state index contributed by atoms with van der Waals surface area (Å²) in [5.74, 6) is 1.65. The quantitative estimate of drug-likeness (QED) is 0.861. The van der Waals surface area contributed by atoms with Crippen molar-refractivity contribution in [3.8, 4) is 11.5 Å². The molecule has 0 amide bonds. The lowest BCUT2D eigenvalue weighted by Gasteiger charge is -2.13. The minimum Gasteiger partial charge on any atom is -0.496 e. The van der Waals surface area contributed by atoms with Crippen LogP contribution in [0.3, 0.4) is 0 Å². The van der Waals surface area contributed by atoms with E-state index in [1.807, 2.05) is 55.1 Å². The Bertz CT molecular complexity index is 489. The summed E-state index contributed by atoms with van der Waals surface area (Å²) in [6, 6.07) is 15.9. The predicted molar refractivity (Wildman–Crippen MR) is 76.2 cm³/mol. The molecule has 0 aliphatic heterocycles. The van der Waals surface area contributed by atoms with Crippen molar-refractivity contribution in [3.63, 3.8) is 0 Å². The third kappa shape index (κ3) is 3.48. The van der Waals surface area contributed by atoms with Gasteiger partial charge >= 0.3 is 0 Å². The molecule has 99 valence electrons. The van der Waals surface area contributed by atoms with Gasteiger partial charge in [0.1, 0.15) is 11.5 Å². The maximum Gasteiger partial charge on any atom is 0.127 e. The summed E-state index contributed by atoms with van der Waals surface area (Å²) >= 11 is 0. The number of benzene rings is 2. The smallest absolute Gasteiger partial charge is 0.127 e. The molecule has 2 rings (SSSR count). The molecule has 0 unspecified atom stereocenters. The van der Waals surface area contributed by atoms with E-state index in [4.69, 9.17) is 9.47 Å². The zero-order chi connectivity index (χ0) is 13.5. The van der Waals surface area contributed by atoms with E-state index in [1.54, 1.807) is 14.2 Å². The van der Waals surface area contributed by atoms with Gasteiger partial charge in [-0.25, -0.2) is 0 Å². The molecule has 0 fully saturated rings. The Kier molecular flexibility index (Phi) is 4.81. The largest absolute Gasteiger partial charge is 0.496 e. The summed E-state index contributed by atoms with van der Waals surface area (Å²) in [7, 11) is 3.33. The van der Waals surface area contributed by atoms with E-state index < -0.39 is 0 Å². The Balaban J connectivity index is 2.02. The Morgan fingerprint density at radius 1 is 0.895 bits per heavy atom. The van der Waals surface area contributed by atoms with Gasteiger partial charge in [-0.05, 0) is 17.7 Å². The van der Waals surface area contributed by atoms with Crippen molar-refractivity contribution in [1.29, 1.82) is 0 Å². The highest BCUT2D eigenvalue weighted by Gasteiger charge is 2.08. The van der Waals surface area contributed by atoms with Crippen LogP contribution < -0.4 is 14.8 Å². The lowest BCUT2D eigenvalue weighted by atomic mass is 10.1. The number of hydrogen-bond donors (Lipinski definition) is 1. The molecule has 0 spiro atoms. The number of nitrogens with one attached hydrogen (secondary N) is 1. The summed E-state index contributed by atoms with van der Waals surface area (Å²) in [6.45, 7) is 2.63. The molecular formula is C16H18NO2. The molecule has 2 aromatic rings. The zero-order valence-corrected chi connectivity index (χ0v) is 11.2. The van der Waals surface area contributed by atoms with Crippen LogP contribution in [0.4, 0.5) is 0 Å². The van der Waals surface area contributed by atoms with Gasteiger partial charge in [-0.3, -0.25) is 0 Å². The molecule has 0 bridgehead atoms. The van der Waals surface area contributed by atoms with Gasteiger partial charge < -0.3 is 14.8 Å². The fourth-order valence-corrected chi connectivity index (χ4v) is 1.92. The van der Waals surface area contributed by atoms with Gasteiger partial charge in [0.05, 0.1) is 20.8 Å². The molecule has 3 heteroatoms. The predicted octanol–water partition coefficient (Wildman–Crippen LogP) is 3.00. The molecule has 0 saturated carbocycles. The maximum atomic E-state index is 5.36. The molecule has 0 aliphatic rings. The van der Waals surface area contributed by atoms with Gasteiger partial charge in [0.25, 0.3) is 0 Å². The minimum absolute atomic E-state index is 0.655. The molecule has 2 aromatic carbocycles. The average Bonchev–Trinajstić information content (AvgIpc) is 2.48. The van der Waals surface area contributed by atoms with Crippen LogP contribution in [-0.2, 0) is 6.54 Å². The highest BCUT2D eigenvalue weighted by atomic mass is 16.5. The third-order valence-electron chi connectivity index (χ3n) is 2.88. The maximum absolute atomic E-state index is 5.36. The first-order valence-electron chi connectivity index (χ1n) is 6.16. The van der Waals surface area contributed by atoms with Gasteiger partial charge in [0, 0.05) is 12.1 Å². The van der Waals surface area contributed by atoms with Crippen LogP contribution in [0.1, 0.15) is 11.1 Å². The van der Waals surface area contributed by atoms with Crippen molar-refractivity contribution in [3.05, 3.63) is 66.2 Å². The highest BCUT2D eigenvalue weighted by molar-refractivity contribution is 5.44. The summed E-state index contributed by atoms with van der Waals surface area (Å²) < 4.78 is 10.7. The molecule has 1 radical (unpaired) electrons. The second-order valence-corrected chi connectivity index (χ2v) is 4.08. The second kappa shape index (κ2) is 6.81. The Labute approximate surface area is 114 Å². The summed E-state index contributed by atoms with van der Waals surface area (Å²) in [5, 5.41) is 3.28. The number of rotatable bonds is 6. The normalized spacial score (nSPS) is 10.2. The van der Waals surface area contributed by atoms with E-state index in [0.717, 1.165) is 22.6 Å². The first-order chi connectivity index (χ1) is 9.35. The molecule has 0 aliphatic carbocycles. The monoisotopic (exact) mass is 256 g/mol. The van der Waals surface area contributed by atoms with Crippen molar-refractivity contribution in [2.24, 2.45) is 0 Å². The zero-order valence-electron chi connectivity index (χ0n) is 11.2. The Morgan fingerprint density at radius 2 is 1.53 bits per heavy atom. The van der Waals surface area contributed by atoms with Crippen LogP contribution >= 0.6 is 0 Å². The van der Waals surface area contributed by atoms with Crippen molar-refractivity contribution in [1.82, 2.24) is 5.32 Å². The fourth-order valence-electron chi connectivity index (χ4n) is 1.92. The molecule has 3 nitrogen and oxygen atoms in total. The van der Waals surface area contributed by atoms with Gasteiger partial charge in [-0.2, -0.15) is 0 Å². The van der Waals surface area contributed by atoms with Gasteiger partial charge in [0.15, 0.2) is 0 Å². The molecule has 0 heterocycles. The second-order valence-electron chi connectivity index (χ2n) is 4.08. The molecular weight excluding hydrogens is 238 g/mol. The molecule has 0 saturated heterocycles. The van der Waals surface area contributed by atoms with Crippen molar-refractivity contribution < 1.29 is 9.47 Å². The van der Waals surface area contributed by atoms with Crippen LogP contribution in [-0.4, -0.2) is 14.2 Å². The minimum atomic E-state index is 0.655.